The van der Waals surface area contributed by atoms with Crippen LogP contribution >= 0.6 is 15.9 Å². The molecule has 1 rings (SSSR count). The zero-order valence-electron chi connectivity index (χ0n) is 9.03. The van der Waals surface area contributed by atoms with Gasteiger partial charge in [0.25, 0.3) is 0 Å². The predicted molar refractivity (Wildman–Crippen MR) is 59.0 cm³/mol. The summed E-state index contributed by atoms with van der Waals surface area (Å²) in [7, 11) is 1.72. The third-order valence-electron chi connectivity index (χ3n) is 2.32. The minimum Gasteiger partial charge on any atom is -0.378 e. The van der Waals surface area contributed by atoms with Crippen LogP contribution in [0.4, 0.5) is 0 Å². The highest BCUT2D eigenvalue weighted by Crippen LogP contribution is 2.32. The second-order valence-corrected chi connectivity index (χ2v) is 4.96. The first-order valence-corrected chi connectivity index (χ1v) is 5.96. The molecule has 4 heteroatoms. The van der Waals surface area contributed by atoms with Gasteiger partial charge in [0.15, 0.2) is 0 Å². The van der Waals surface area contributed by atoms with Crippen LogP contribution in [0.3, 0.4) is 0 Å². The minimum absolute atomic E-state index is 0.203. The summed E-state index contributed by atoms with van der Waals surface area (Å²) in [5.74, 6) is 0. The Morgan fingerprint density at radius 2 is 2.07 bits per heavy atom. The highest BCUT2D eigenvalue weighted by molar-refractivity contribution is 9.09. The van der Waals surface area contributed by atoms with Crippen LogP contribution in [0.5, 0.6) is 0 Å². The molecule has 1 aliphatic carbocycles. The van der Waals surface area contributed by atoms with Gasteiger partial charge in [-0.05, 0) is 20.3 Å². The SMILES string of the molecule is COC1C(Br)CC1OCCOC(C)C. The molecule has 0 aromatic carbocycles. The van der Waals surface area contributed by atoms with Crippen LogP contribution in [0.15, 0.2) is 0 Å². The van der Waals surface area contributed by atoms with Crippen molar-refractivity contribution in [3.8, 4) is 0 Å². The minimum atomic E-state index is 0.203. The Kier molecular flexibility index (Phi) is 5.38. The number of hydrogen-bond acceptors (Lipinski definition) is 3. The van der Waals surface area contributed by atoms with E-state index in [-0.39, 0.29) is 18.3 Å². The second kappa shape index (κ2) is 6.05. The second-order valence-electron chi connectivity index (χ2n) is 3.78. The topological polar surface area (TPSA) is 27.7 Å². The van der Waals surface area contributed by atoms with Gasteiger partial charge < -0.3 is 14.2 Å². The first-order valence-electron chi connectivity index (χ1n) is 5.05. The fraction of sp³-hybridized carbons (Fsp3) is 1.00. The zero-order chi connectivity index (χ0) is 10.6. The van der Waals surface area contributed by atoms with E-state index in [1.807, 2.05) is 13.8 Å². The van der Waals surface area contributed by atoms with Crippen LogP contribution in [0.2, 0.25) is 0 Å². The summed E-state index contributed by atoms with van der Waals surface area (Å²) in [6, 6.07) is 0. The molecular weight excluding hydrogens is 248 g/mol. The summed E-state index contributed by atoms with van der Waals surface area (Å²) in [4.78, 5) is 0.448. The van der Waals surface area contributed by atoms with Crippen LogP contribution in [0, 0.1) is 0 Å². The molecule has 3 unspecified atom stereocenters. The summed E-state index contributed by atoms with van der Waals surface area (Å²) in [6.45, 7) is 5.37. The Balaban J connectivity index is 2.02. The van der Waals surface area contributed by atoms with Crippen LogP contribution in [0.1, 0.15) is 20.3 Å². The van der Waals surface area contributed by atoms with Gasteiger partial charge in [0.1, 0.15) is 0 Å². The Morgan fingerprint density at radius 3 is 2.57 bits per heavy atom. The molecule has 0 amide bonds. The van der Waals surface area contributed by atoms with Crippen molar-refractivity contribution < 1.29 is 14.2 Å². The van der Waals surface area contributed by atoms with E-state index in [0.717, 1.165) is 6.42 Å². The molecule has 1 aliphatic rings. The summed E-state index contributed by atoms with van der Waals surface area (Å²) < 4.78 is 16.3. The number of alkyl halides is 1. The number of halogens is 1. The predicted octanol–water partition coefficient (Wildman–Crippen LogP) is 1.98. The van der Waals surface area contributed by atoms with Crippen molar-refractivity contribution >= 4 is 15.9 Å². The molecule has 84 valence electrons. The molecule has 0 heterocycles. The highest BCUT2D eigenvalue weighted by atomic mass is 79.9. The number of ether oxygens (including phenoxy) is 3. The Bertz CT molecular complexity index is 163. The quantitative estimate of drug-likeness (QED) is 0.544. The summed E-state index contributed by atoms with van der Waals surface area (Å²) in [5.41, 5.74) is 0. The van der Waals surface area contributed by atoms with Crippen LogP contribution in [-0.4, -0.2) is 43.5 Å². The summed E-state index contributed by atoms with van der Waals surface area (Å²) >= 11 is 3.52. The molecule has 0 radical (unpaired) electrons. The van der Waals surface area contributed by atoms with Gasteiger partial charge in [-0.25, -0.2) is 0 Å². The maximum atomic E-state index is 5.62. The molecule has 3 nitrogen and oxygen atoms in total. The lowest BCUT2D eigenvalue weighted by Gasteiger charge is -2.40. The molecule has 0 spiro atoms. The van der Waals surface area contributed by atoms with E-state index in [9.17, 15) is 0 Å². The third-order valence-corrected chi connectivity index (χ3v) is 3.21. The standard InChI is InChI=1S/C10H19BrO3/c1-7(2)13-4-5-14-9-6-8(11)10(9)12-3/h7-10H,4-6H2,1-3H3. The van der Waals surface area contributed by atoms with Gasteiger partial charge in [0.05, 0.1) is 31.5 Å². The lowest BCUT2D eigenvalue weighted by Crippen LogP contribution is -2.50. The van der Waals surface area contributed by atoms with Gasteiger partial charge in [-0.15, -0.1) is 0 Å². The molecule has 0 saturated heterocycles. The van der Waals surface area contributed by atoms with E-state index in [0.29, 0.717) is 18.0 Å². The molecule has 0 bridgehead atoms. The molecule has 0 aromatic heterocycles. The van der Waals surface area contributed by atoms with Crippen LogP contribution < -0.4 is 0 Å². The van der Waals surface area contributed by atoms with Gasteiger partial charge in [-0.1, -0.05) is 15.9 Å². The fourth-order valence-electron chi connectivity index (χ4n) is 1.47. The Morgan fingerprint density at radius 1 is 1.36 bits per heavy atom. The largest absolute Gasteiger partial charge is 0.378 e. The molecule has 14 heavy (non-hydrogen) atoms. The van der Waals surface area contributed by atoms with Gasteiger partial charge in [-0.2, -0.15) is 0 Å². The van der Waals surface area contributed by atoms with Crippen molar-refractivity contribution in [2.45, 2.75) is 43.4 Å². The van der Waals surface area contributed by atoms with Gasteiger partial charge >= 0.3 is 0 Å². The van der Waals surface area contributed by atoms with Crippen molar-refractivity contribution in [1.29, 1.82) is 0 Å². The van der Waals surface area contributed by atoms with Crippen molar-refractivity contribution in [2.24, 2.45) is 0 Å². The molecule has 0 aromatic rings. The van der Waals surface area contributed by atoms with E-state index < -0.39 is 0 Å². The van der Waals surface area contributed by atoms with E-state index >= 15 is 0 Å². The summed E-state index contributed by atoms with van der Waals surface area (Å²) in [6.07, 6.45) is 1.75. The van der Waals surface area contributed by atoms with Crippen LogP contribution in [0.25, 0.3) is 0 Å². The average molecular weight is 267 g/mol. The normalized spacial score (nSPS) is 31.9. The molecule has 0 aliphatic heterocycles. The Labute approximate surface area is 94.2 Å². The molecule has 1 saturated carbocycles. The van der Waals surface area contributed by atoms with Crippen molar-refractivity contribution in [1.82, 2.24) is 0 Å². The van der Waals surface area contributed by atoms with Gasteiger partial charge in [0.2, 0.25) is 0 Å². The van der Waals surface area contributed by atoms with Gasteiger partial charge in [-0.3, -0.25) is 0 Å². The van der Waals surface area contributed by atoms with E-state index in [4.69, 9.17) is 14.2 Å². The molecule has 1 fully saturated rings. The number of hydrogen-bond donors (Lipinski definition) is 0. The van der Waals surface area contributed by atoms with E-state index in [1.165, 1.54) is 0 Å². The maximum Gasteiger partial charge on any atom is 0.0958 e. The summed E-state index contributed by atoms with van der Waals surface area (Å²) in [5, 5.41) is 0. The molecule has 3 atom stereocenters. The van der Waals surface area contributed by atoms with E-state index in [2.05, 4.69) is 15.9 Å². The third kappa shape index (κ3) is 3.50. The Hall–Kier alpha value is 0.360. The first-order chi connectivity index (χ1) is 6.65. The van der Waals surface area contributed by atoms with Crippen molar-refractivity contribution in [2.75, 3.05) is 20.3 Å². The first kappa shape index (κ1) is 12.4. The molecular formula is C10H19BrO3. The van der Waals surface area contributed by atoms with E-state index in [1.54, 1.807) is 7.11 Å². The van der Waals surface area contributed by atoms with Crippen LogP contribution in [-0.2, 0) is 14.2 Å². The smallest absolute Gasteiger partial charge is 0.0958 e. The van der Waals surface area contributed by atoms with Crippen molar-refractivity contribution in [3.63, 3.8) is 0 Å². The lowest BCUT2D eigenvalue weighted by atomic mass is 9.91. The van der Waals surface area contributed by atoms with Crippen molar-refractivity contribution in [3.05, 3.63) is 0 Å². The van der Waals surface area contributed by atoms with Gasteiger partial charge in [0, 0.05) is 11.9 Å². The zero-order valence-corrected chi connectivity index (χ0v) is 10.6. The molecule has 0 N–H and O–H groups in total. The maximum absolute atomic E-state index is 5.62. The average Bonchev–Trinajstić information content (AvgIpc) is 2.10. The monoisotopic (exact) mass is 266 g/mol. The number of rotatable bonds is 6. The fourth-order valence-corrected chi connectivity index (χ4v) is 2.40. The number of methoxy groups -OCH3 is 1. The lowest BCUT2D eigenvalue weighted by molar-refractivity contribution is -0.118. The highest BCUT2D eigenvalue weighted by Gasteiger charge is 2.40.